The minimum atomic E-state index is -0.674. The van der Waals surface area contributed by atoms with E-state index in [-0.39, 0.29) is 24.4 Å². The number of fused-ring (bicyclic) bond motifs is 1. The molecule has 0 radical (unpaired) electrons. The molecule has 0 saturated carbocycles. The van der Waals surface area contributed by atoms with E-state index in [2.05, 4.69) is 21.4 Å². The Labute approximate surface area is 260 Å². The number of nitrogens with one attached hydrogen (secondary N) is 1. The molecule has 2 aromatic heterocycles. The summed E-state index contributed by atoms with van der Waals surface area (Å²) >= 11 is 6.16. The highest BCUT2D eigenvalue weighted by molar-refractivity contribution is 6.30. The number of carbonyl (C=O) groups is 2. The summed E-state index contributed by atoms with van der Waals surface area (Å²) in [5.74, 6) is 1.00. The lowest BCUT2D eigenvalue weighted by Gasteiger charge is -2.24. The Morgan fingerprint density at radius 1 is 1.05 bits per heavy atom. The van der Waals surface area contributed by atoms with Gasteiger partial charge in [-0.05, 0) is 62.6 Å². The normalized spacial score (nSPS) is 11.8. The van der Waals surface area contributed by atoms with Crippen LogP contribution in [0.15, 0.2) is 61.1 Å². The molecular formula is C33H33ClN4O6. The van der Waals surface area contributed by atoms with Gasteiger partial charge in [0.15, 0.2) is 17.3 Å². The van der Waals surface area contributed by atoms with E-state index in [9.17, 15) is 14.9 Å². The molecule has 0 aliphatic carbocycles. The van der Waals surface area contributed by atoms with Gasteiger partial charge in [-0.3, -0.25) is 14.8 Å². The zero-order valence-electron chi connectivity index (χ0n) is 25.1. The molecule has 44 heavy (non-hydrogen) atoms. The van der Waals surface area contributed by atoms with Crippen LogP contribution in [0.4, 0.5) is 4.79 Å². The fourth-order valence-electron chi connectivity index (χ4n) is 4.54. The van der Waals surface area contributed by atoms with Crippen LogP contribution in [0, 0.1) is 11.3 Å². The topological polar surface area (TPSA) is 133 Å². The van der Waals surface area contributed by atoms with E-state index >= 15 is 0 Å². The third-order valence-corrected chi connectivity index (χ3v) is 6.76. The maximum atomic E-state index is 13.5. The second-order valence-electron chi connectivity index (χ2n) is 11.0. The number of nitriles is 1. The number of hydrogen-bond donors (Lipinski definition) is 1. The van der Waals surface area contributed by atoms with Crippen LogP contribution in [0.3, 0.4) is 0 Å². The summed E-state index contributed by atoms with van der Waals surface area (Å²) in [5, 5.41) is 13.8. The zero-order valence-corrected chi connectivity index (χ0v) is 25.9. The van der Waals surface area contributed by atoms with E-state index in [0.29, 0.717) is 50.7 Å². The number of pyridine rings is 2. The molecule has 4 aromatic rings. The first-order valence-corrected chi connectivity index (χ1v) is 14.2. The molecule has 1 amide bonds. The number of ketones is 1. The lowest BCUT2D eigenvalue weighted by atomic mass is 9.96. The Morgan fingerprint density at radius 3 is 2.48 bits per heavy atom. The van der Waals surface area contributed by atoms with Gasteiger partial charge in [0.05, 0.1) is 37.5 Å². The second kappa shape index (κ2) is 14.1. The summed E-state index contributed by atoms with van der Waals surface area (Å²) in [6, 6.07) is 14.0. The standard InChI is InChI=1S/C33H33ClN4O6/c1-33(2,3)44-32(40)38-24(10-20-7-6-8-23(34)9-20)19-43-25-11-21(16-36-18-25)29(39)12-26-22(15-35)17-37-28-14-31(42-5)30(41-4)13-27(26)28/h6-9,11,13-14,16-18,24H,10,12,19H2,1-5H3,(H,38,40)/t24-/m0/s1. The summed E-state index contributed by atoms with van der Waals surface area (Å²) in [5.41, 5.74) is 1.86. The number of ether oxygens (including phenoxy) is 4. The lowest BCUT2D eigenvalue weighted by Crippen LogP contribution is -2.43. The van der Waals surface area contributed by atoms with Gasteiger partial charge in [-0.2, -0.15) is 5.26 Å². The van der Waals surface area contributed by atoms with Crippen molar-refractivity contribution in [2.24, 2.45) is 0 Å². The number of nitrogens with zero attached hydrogens (tertiary/aromatic N) is 3. The van der Waals surface area contributed by atoms with Crippen LogP contribution in [-0.2, 0) is 17.6 Å². The molecule has 2 heterocycles. The zero-order chi connectivity index (χ0) is 31.9. The fraction of sp³-hybridized carbons (Fsp3) is 0.303. The first kappa shape index (κ1) is 32.0. The first-order valence-electron chi connectivity index (χ1n) is 13.8. The van der Waals surface area contributed by atoms with Gasteiger partial charge in [-0.1, -0.05) is 23.7 Å². The SMILES string of the molecule is COc1cc2ncc(C#N)c(CC(=O)c3cncc(OC[C@H](Cc4cccc(Cl)c4)NC(=O)OC(C)(C)C)c3)c2cc1OC. The molecule has 10 nitrogen and oxygen atoms in total. The predicted octanol–water partition coefficient (Wildman–Crippen LogP) is 6.11. The van der Waals surface area contributed by atoms with E-state index < -0.39 is 17.7 Å². The van der Waals surface area contributed by atoms with Crippen molar-refractivity contribution in [3.05, 3.63) is 88.3 Å². The van der Waals surface area contributed by atoms with E-state index in [1.54, 1.807) is 45.0 Å². The Morgan fingerprint density at radius 2 is 1.80 bits per heavy atom. The molecule has 0 unspecified atom stereocenters. The minimum Gasteiger partial charge on any atom is -0.493 e. The maximum Gasteiger partial charge on any atom is 0.408 e. The van der Waals surface area contributed by atoms with Crippen LogP contribution < -0.4 is 19.5 Å². The third kappa shape index (κ3) is 8.36. The molecule has 0 bridgehead atoms. The molecule has 0 aliphatic rings. The number of carbonyl (C=O) groups excluding carboxylic acids is 2. The largest absolute Gasteiger partial charge is 0.493 e. The van der Waals surface area contributed by atoms with Crippen LogP contribution in [0.25, 0.3) is 10.9 Å². The summed E-state index contributed by atoms with van der Waals surface area (Å²) in [4.78, 5) is 34.6. The van der Waals surface area contributed by atoms with Crippen molar-refractivity contribution in [1.82, 2.24) is 15.3 Å². The number of Topliss-reactive ketones (excluding diaryl/α,β-unsaturated/α-hetero) is 1. The highest BCUT2D eigenvalue weighted by atomic mass is 35.5. The Bertz CT molecular complexity index is 1710. The molecule has 228 valence electrons. The number of methoxy groups -OCH3 is 2. The molecule has 1 N–H and O–H groups in total. The van der Waals surface area contributed by atoms with Crippen LogP contribution >= 0.6 is 11.6 Å². The van der Waals surface area contributed by atoms with Crippen molar-refractivity contribution < 1.29 is 28.5 Å². The van der Waals surface area contributed by atoms with Crippen molar-refractivity contribution in [2.45, 2.75) is 45.3 Å². The molecule has 1 atom stereocenters. The second-order valence-corrected chi connectivity index (χ2v) is 11.4. The Hall–Kier alpha value is -4.88. The van der Waals surface area contributed by atoms with Gasteiger partial charge < -0.3 is 24.3 Å². The summed E-state index contributed by atoms with van der Waals surface area (Å²) in [6.45, 7) is 5.42. The monoisotopic (exact) mass is 616 g/mol. The van der Waals surface area contributed by atoms with Crippen molar-refractivity contribution >= 4 is 34.4 Å². The average molecular weight is 617 g/mol. The van der Waals surface area contributed by atoms with E-state index in [1.807, 2.05) is 18.2 Å². The van der Waals surface area contributed by atoms with Gasteiger partial charge in [-0.15, -0.1) is 0 Å². The maximum absolute atomic E-state index is 13.5. The number of hydrogen-bond acceptors (Lipinski definition) is 9. The van der Waals surface area contributed by atoms with Crippen LogP contribution in [0.5, 0.6) is 17.2 Å². The lowest BCUT2D eigenvalue weighted by molar-refractivity contribution is 0.0487. The highest BCUT2D eigenvalue weighted by Crippen LogP contribution is 2.34. The van der Waals surface area contributed by atoms with E-state index in [1.165, 1.54) is 32.8 Å². The molecule has 2 aromatic carbocycles. The molecule has 0 aliphatic heterocycles. The quantitative estimate of drug-likeness (QED) is 0.198. The molecule has 0 spiro atoms. The molecule has 11 heteroatoms. The van der Waals surface area contributed by atoms with Crippen LogP contribution in [0.1, 0.15) is 47.8 Å². The summed E-state index contributed by atoms with van der Waals surface area (Å²) in [6.07, 6.45) is 4.12. The fourth-order valence-corrected chi connectivity index (χ4v) is 4.76. The number of halogens is 1. The number of aromatic nitrogens is 2. The number of rotatable bonds is 11. The van der Waals surface area contributed by atoms with Crippen LogP contribution in [0.2, 0.25) is 5.02 Å². The molecule has 4 rings (SSSR count). The van der Waals surface area contributed by atoms with Gasteiger partial charge in [0.2, 0.25) is 0 Å². The third-order valence-electron chi connectivity index (χ3n) is 6.52. The van der Waals surface area contributed by atoms with Gasteiger partial charge in [-0.25, -0.2) is 4.79 Å². The van der Waals surface area contributed by atoms with Crippen molar-refractivity contribution in [1.29, 1.82) is 5.26 Å². The van der Waals surface area contributed by atoms with Gasteiger partial charge >= 0.3 is 6.09 Å². The van der Waals surface area contributed by atoms with Crippen molar-refractivity contribution in [2.75, 3.05) is 20.8 Å². The number of benzene rings is 2. The predicted molar refractivity (Wildman–Crippen MR) is 166 cm³/mol. The Balaban J connectivity index is 1.54. The molecule has 0 saturated heterocycles. The summed E-state index contributed by atoms with van der Waals surface area (Å²) < 4.78 is 22.2. The van der Waals surface area contributed by atoms with Gasteiger partial charge in [0, 0.05) is 40.9 Å². The highest BCUT2D eigenvalue weighted by Gasteiger charge is 2.22. The molecular weight excluding hydrogens is 584 g/mol. The Kier molecular flexibility index (Phi) is 10.2. The smallest absolute Gasteiger partial charge is 0.408 e. The van der Waals surface area contributed by atoms with Gasteiger partial charge in [0.25, 0.3) is 0 Å². The van der Waals surface area contributed by atoms with Gasteiger partial charge in [0.1, 0.15) is 24.0 Å². The van der Waals surface area contributed by atoms with E-state index in [0.717, 1.165) is 5.56 Å². The van der Waals surface area contributed by atoms with E-state index in [4.69, 9.17) is 30.5 Å². The minimum absolute atomic E-state index is 0.0697. The first-order chi connectivity index (χ1) is 21.0. The average Bonchev–Trinajstić information content (AvgIpc) is 2.98. The molecule has 0 fully saturated rings. The summed E-state index contributed by atoms with van der Waals surface area (Å²) in [7, 11) is 3.03. The van der Waals surface area contributed by atoms with Crippen LogP contribution in [-0.4, -0.2) is 54.3 Å². The van der Waals surface area contributed by atoms with Crippen molar-refractivity contribution in [3.63, 3.8) is 0 Å². The van der Waals surface area contributed by atoms with Crippen molar-refractivity contribution in [3.8, 4) is 23.3 Å². The number of amides is 1. The number of alkyl carbamates (subject to hydrolysis) is 1.